The number of urea groups is 1. The third kappa shape index (κ3) is 4.08. The van der Waals surface area contributed by atoms with Crippen LogP contribution in [0.3, 0.4) is 0 Å². The summed E-state index contributed by atoms with van der Waals surface area (Å²) in [5.74, 6) is 0.633. The van der Waals surface area contributed by atoms with Gasteiger partial charge in [0.05, 0.1) is 6.21 Å². The lowest BCUT2D eigenvalue weighted by atomic mass is 10.0. The monoisotopic (exact) mass is 353 g/mol. The summed E-state index contributed by atoms with van der Waals surface area (Å²) >= 11 is 6.18. The van der Waals surface area contributed by atoms with E-state index in [4.69, 9.17) is 22.1 Å². The Morgan fingerprint density at radius 2 is 1.88 bits per heavy atom. The fourth-order valence-electron chi connectivity index (χ4n) is 2.47. The molecule has 0 aromatic heterocycles. The zero-order valence-electron chi connectivity index (χ0n) is 13.3. The van der Waals surface area contributed by atoms with Crippen LogP contribution in [0.1, 0.15) is 11.1 Å². The van der Waals surface area contributed by atoms with Crippen molar-refractivity contribution < 1.29 is 9.53 Å². The standard InChI is InChI=1S/C19H16ClN3O2/c20-17-8-4-2-6-14(17)12-25-18-10-9-13-5-1-3-7-15(13)16(18)11-22-23-19(21)24/h1-11H,12H2,(H3,21,23,24)/b22-11-. The van der Waals surface area contributed by atoms with E-state index in [0.717, 1.165) is 21.9 Å². The normalized spacial score (nSPS) is 10.9. The van der Waals surface area contributed by atoms with Crippen LogP contribution in [0.25, 0.3) is 10.8 Å². The van der Waals surface area contributed by atoms with Gasteiger partial charge in [-0.2, -0.15) is 5.10 Å². The lowest BCUT2D eigenvalue weighted by molar-refractivity contribution is 0.249. The van der Waals surface area contributed by atoms with Crippen molar-refractivity contribution in [1.29, 1.82) is 0 Å². The van der Waals surface area contributed by atoms with Gasteiger partial charge in [-0.15, -0.1) is 0 Å². The van der Waals surface area contributed by atoms with Gasteiger partial charge in [0.25, 0.3) is 0 Å². The van der Waals surface area contributed by atoms with E-state index < -0.39 is 6.03 Å². The summed E-state index contributed by atoms with van der Waals surface area (Å²) in [6.45, 7) is 0.322. The molecule has 3 aromatic rings. The quantitative estimate of drug-likeness (QED) is 0.535. The van der Waals surface area contributed by atoms with Crippen molar-refractivity contribution in [3.05, 3.63) is 76.8 Å². The first-order chi connectivity index (χ1) is 12.1. The van der Waals surface area contributed by atoms with Crippen molar-refractivity contribution in [2.75, 3.05) is 0 Å². The molecule has 3 aromatic carbocycles. The fraction of sp³-hybridized carbons (Fsp3) is 0.0526. The maximum atomic E-state index is 10.8. The molecule has 6 heteroatoms. The maximum Gasteiger partial charge on any atom is 0.332 e. The summed E-state index contributed by atoms with van der Waals surface area (Å²) in [6.07, 6.45) is 1.52. The van der Waals surface area contributed by atoms with Crippen LogP contribution < -0.4 is 15.9 Å². The highest BCUT2D eigenvalue weighted by molar-refractivity contribution is 6.31. The number of halogens is 1. The molecular weight excluding hydrogens is 338 g/mol. The van der Waals surface area contributed by atoms with Crippen molar-refractivity contribution in [3.63, 3.8) is 0 Å². The Morgan fingerprint density at radius 1 is 1.12 bits per heavy atom. The number of benzene rings is 3. The second kappa shape index (κ2) is 7.68. The number of nitrogens with two attached hydrogens (primary N) is 1. The van der Waals surface area contributed by atoms with Gasteiger partial charge in [-0.3, -0.25) is 0 Å². The van der Waals surface area contributed by atoms with Crippen LogP contribution in [-0.4, -0.2) is 12.2 Å². The van der Waals surface area contributed by atoms with Crippen LogP contribution >= 0.6 is 11.6 Å². The summed E-state index contributed by atoms with van der Waals surface area (Å²) < 4.78 is 5.95. The molecule has 0 unspecified atom stereocenters. The molecule has 3 N–H and O–H groups in total. The van der Waals surface area contributed by atoms with Crippen LogP contribution in [-0.2, 0) is 6.61 Å². The Hall–Kier alpha value is -3.05. The van der Waals surface area contributed by atoms with Crippen molar-refractivity contribution in [1.82, 2.24) is 5.43 Å². The number of hydrogen-bond donors (Lipinski definition) is 2. The minimum atomic E-state index is -0.727. The molecule has 0 spiro atoms. The van der Waals surface area contributed by atoms with Gasteiger partial charge in [0.15, 0.2) is 0 Å². The SMILES string of the molecule is NC(=O)N/N=C\c1c(OCc2ccccc2Cl)ccc2ccccc12. The van der Waals surface area contributed by atoms with Gasteiger partial charge in [0, 0.05) is 16.1 Å². The number of ether oxygens (including phenoxy) is 1. The molecular formula is C19H16ClN3O2. The molecule has 0 saturated heterocycles. The van der Waals surface area contributed by atoms with Gasteiger partial charge in [-0.05, 0) is 22.9 Å². The van der Waals surface area contributed by atoms with E-state index in [-0.39, 0.29) is 0 Å². The average Bonchev–Trinajstić information content (AvgIpc) is 2.61. The van der Waals surface area contributed by atoms with Gasteiger partial charge >= 0.3 is 6.03 Å². The van der Waals surface area contributed by atoms with Gasteiger partial charge in [-0.25, -0.2) is 10.2 Å². The molecule has 0 atom stereocenters. The average molecular weight is 354 g/mol. The molecule has 5 nitrogen and oxygen atoms in total. The Bertz CT molecular complexity index is 941. The lowest BCUT2D eigenvalue weighted by Gasteiger charge is -2.12. The van der Waals surface area contributed by atoms with Crippen molar-refractivity contribution in [3.8, 4) is 5.75 Å². The molecule has 0 radical (unpaired) electrons. The van der Waals surface area contributed by atoms with E-state index in [1.807, 2.05) is 60.7 Å². The number of amides is 2. The third-order valence-electron chi connectivity index (χ3n) is 3.64. The Morgan fingerprint density at radius 3 is 2.68 bits per heavy atom. The van der Waals surface area contributed by atoms with E-state index in [9.17, 15) is 4.79 Å². The summed E-state index contributed by atoms with van der Waals surface area (Å²) in [6, 6.07) is 18.4. The highest BCUT2D eigenvalue weighted by Gasteiger charge is 2.08. The van der Waals surface area contributed by atoms with Crippen molar-refractivity contribution >= 4 is 34.6 Å². The fourth-order valence-corrected chi connectivity index (χ4v) is 2.66. The summed E-state index contributed by atoms with van der Waals surface area (Å²) in [7, 11) is 0. The highest BCUT2D eigenvalue weighted by Crippen LogP contribution is 2.28. The molecule has 0 fully saturated rings. The van der Waals surface area contributed by atoms with Crippen LogP contribution in [0.5, 0.6) is 5.75 Å². The minimum absolute atomic E-state index is 0.322. The predicted molar refractivity (Wildman–Crippen MR) is 100 cm³/mol. The number of carbonyl (C=O) groups is 1. The van der Waals surface area contributed by atoms with Crippen LogP contribution in [0.2, 0.25) is 5.02 Å². The second-order valence-electron chi connectivity index (χ2n) is 5.31. The number of fused-ring (bicyclic) bond motifs is 1. The van der Waals surface area contributed by atoms with Crippen LogP contribution in [0.15, 0.2) is 65.8 Å². The number of hydrogen-bond acceptors (Lipinski definition) is 3. The number of carbonyl (C=O) groups excluding carboxylic acids is 1. The van der Waals surface area contributed by atoms with E-state index >= 15 is 0 Å². The van der Waals surface area contributed by atoms with Gasteiger partial charge in [0.2, 0.25) is 0 Å². The zero-order valence-corrected chi connectivity index (χ0v) is 14.0. The van der Waals surface area contributed by atoms with E-state index in [0.29, 0.717) is 17.4 Å². The summed E-state index contributed by atoms with van der Waals surface area (Å²) in [4.78, 5) is 10.8. The smallest absolute Gasteiger partial charge is 0.332 e. The number of rotatable bonds is 5. The Balaban J connectivity index is 1.94. The molecule has 0 aliphatic rings. The molecule has 0 heterocycles. The second-order valence-corrected chi connectivity index (χ2v) is 5.72. The van der Waals surface area contributed by atoms with Gasteiger partial charge in [0.1, 0.15) is 12.4 Å². The molecule has 2 amide bonds. The van der Waals surface area contributed by atoms with Crippen molar-refractivity contribution in [2.24, 2.45) is 10.8 Å². The van der Waals surface area contributed by atoms with Gasteiger partial charge in [-0.1, -0.05) is 60.1 Å². The predicted octanol–water partition coefficient (Wildman–Crippen LogP) is 4.07. The summed E-state index contributed by atoms with van der Waals surface area (Å²) in [5, 5.41) is 6.50. The van der Waals surface area contributed by atoms with E-state index in [1.54, 1.807) is 0 Å². The highest BCUT2D eigenvalue weighted by atomic mass is 35.5. The number of nitrogens with zero attached hydrogens (tertiary/aromatic N) is 1. The maximum absolute atomic E-state index is 10.8. The van der Waals surface area contributed by atoms with Crippen molar-refractivity contribution in [2.45, 2.75) is 6.61 Å². The van der Waals surface area contributed by atoms with Gasteiger partial charge < -0.3 is 10.5 Å². The first-order valence-corrected chi connectivity index (χ1v) is 7.99. The topological polar surface area (TPSA) is 76.7 Å². The minimum Gasteiger partial charge on any atom is -0.488 e. The van der Waals surface area contributed by atoms with Crippen LogP contribution in [0, 0.1) is 0 Å². The molecule has 0 aliphatic heterocycles. The van der Waals surface area contributed by atoms with Crippen LogP contribution in [0.4, 0.5) is 4.79 Å². The number of nitrogens with one attached hydrogen (secondary N) is 1. The Labute approximate surface area is 150 Å². The number of hydrazone groups is 1. The zero-order chi connectivity index (χ0) is 17.6. The largest absolute Gasteiger partial charge is 0.488 e. The molecule has 0 bridgehead atoms. The molecule has 25 heavy (non-hydrogen) atoms. The molecule has 126 valence electrons. The summed E-state index contributed by atoms with van der Waals surface area (Å²) in [5.41, 5.74) is 8.88. The lowest BCUT2D eigenvalue weighted by Crippen LogP contribution is -2.24. The van der Waals surface area contributed by atoms with E-state index in [1.165, 1.54) is 6.21 Å². The molecule has 0 saturated carbocycles. The Kier molecular flexibility index (Phi) is 5.16. The molecule has 0 aliphatic carbocycles. The first-order valence-electron chi connectivity index (χ1n) is 7.61. The molecule has 3 rings (SSSR count). The third-order valence-corrected chi connectivity index (χ3v) is 4.01. The first kappa shape index (κ1) is 16.8. The van der Waals surface area contributed by atoms with E-state index in [2.05, 4.69) is 10.5 Å². The number of primary amides is 1.